The summed E-state index contributed by atoms with van der Waals surface area (Å²) in [5.74, 6) is 0.208. The van der Waals surface area contributed by atoms with Crippen LogP contribution >= 0.6 is 0 Å². The fraction of sp³-hybridized carbons (Fsp3) is 0.0500. The summed E-state index contributed by atoms with van der Waals surface area (Å²) in [7, 11) is 0. The fourth-order valence-corrected chi connectivity index (χ4v) is 2.91. The molecule has 2 heterocycles. The summed E-state index contributed by atoms with van der Waals surface area (Å²) in [6, 6.07) is 16.8. The van der Waals surface area contributed by atoms with Gasteiger partial charge in [0, 0.05) is 17.3 Å². The monoisotopic (exact) mass is 372 g/mol. The maximum absolute atomic E-state index is 11.8. The van der Waals surface area contributed by atoms with Gasteiger partial charge in [-0.3, -0.25) is 15.1 Å². The van der Waals surface area contributed by atoms with Crippen molar-refractivity contribution in [3.05, 3.63) is 82.8 Å². The van der Waals surface area contributed by atoms with Crippen LogP contribution in [0.2, 0.25) is 0 Å². The van der Waals surface area contributed by atoms with Crippen LogP contribution in [-0.4, -0.2) is 19.9 Å². The van der Waals surface area contributed by atoms with Crippen molar-refractivity contribution in [1.82, 2.24) is 15.0 Å². The van der Waals surface area contributed by atoms with Crippen LogP contribution in [-0.2, 0) is 0 Å². The molecular weight excluding hydrogens is 356 g/mol. The summed E-state index contributed by atoms with van der Waals surface area (Å²) in [4.78, 5) is 23.8. The Hall–Kier alpha value is -4.07. The molecule has 0 amide bonds. The number of aryl methyl sites for hydroxylation is 1. The number of hydrogen-bond acceptors (Lipinski definition) is 7. The van der Waals surface area contributed by atoms with Crippen molar-refractivity contribution in [2.24, 2.45) is 0 Å². The first-order valence-corrected chi connectivity index (χ1v) is 8.56. The van der Waals surface area contributed by atoms with Crippen LogP contribution in [0.3, 0.4) is 0 Å². The summed E-state index contributed by atoms with van der Waals surface area (Å²) in [6.07, 6.45) is 2.96. The van der Waals surface area contributed by atoms with Gasteiger partial charge < -0.3 is 10.6 Å². The molecule has 2 N–H and O–H groups in total. The molecule has 2 aromatic carbocycles. The summed E-state index contributed by atoms with van der Waals surface area (Å²) in [6.45, 7) is 1.91. The predicted molar refractivity (Wildman–Crippen MR) is 108 cm³/mol. The molecule has 0 saturated heterocycles. The first kappa shape index (κ1) is 17.3. The second-order valence-electron chi connectivity index (χ2n) is 6.12. The van der Waals surface area contributed by atoms with Crippen LogP contribution in [0.5, 0.6) is 0 Å². The van der Waals surface area contributed by atoms with Crippen molar-refractivity contribution in [3.8, 4) is 0 Å². The number of anilines is 4. The molecule has 0 aliphatic carbocycles. The summed E-state index contributed by atoms with van der Waals surface area (Å²) in [5.41, 5.74) is 2.78. The molecule has 0 fully saturated rings. The molecular formula is C20H16N6O2. The van der Waals surface area contributed by atoms with Crippen molar-refractivity contribution in [3.63, 3.8) is 0 Å². The number of nitro groups is 1. The minimum absolute atomic E-state index is 0.0919. The number of fused-ring (bicyclic) bond motifs is 1. The van der Waals surface area contributed by atoms with Crippen LogP contribution in [0, 0.1) is 17.0 Å². The second-order valence-corrected chi connectivity index (χ2v) is 6.12. The van der Waals surface area contributed by atoms with Gasteiger partial charge in [-0.25, -0.2) is 9.97 Å². The minimum Gasteiger partial charge on any atom is -0.334 e. The Balaban J connectivity index is 1.77. The molecule has 0 aliphatic rings. The lowest BCUT2D eigenvalue weighted by atomic mass is 10.2. The van der Waals surface area contributed by atoms with Gasteiger partial charge in [0.1, 0.15) is 6.33 Å². The van der Waals surface area contributed by atoms with Crippen molar-refractivity contribution in [1.29, 1.82) is 0 Å². The summed E-state index contributed by atoms with van der Waals surface area (Å²) in [5, 5.41) is 18.8. The molecule has 8 heteroatoms. The zero-order valence-electron chi connectivity index (χ0n) is 15.0. The molecule has 28 heavy (non-hydrogen) atoms. The van der Waals surface area contributed by atoms with E-state index in [2.05, 4.69) is 25.6 Å². The number of nitrogens with zero attached hydrogens (tertiary/aromatic N) is 4. The van der Waals surface area contributed by atoms with E-state index in [1.165, 1.54) is 6.33 Å². The quantitative estimate of drug-likeness (QED) is 0.385. The number of para-hydroxylation sites is 2. The van der Waals surface area contributed by atoms with Crippen molar-refractivity contribution in [2.45, 2.75) is 6.92 Å². The highest BCUT2D eigenvalue weighted by Gasteiger charge is 2.24. The maximum Gasteiger partial charge on any atom is 0.353 e. The van der Waals surface area contributed by atoms with Crippen LogP contribution in [0.25, 0.3) is 10.9 Å². The molecule has 0 bridgehead atoms. The fourth-order valence-electron chi connectivity index (χ4n) is 2.91. The molecule has 0 unspecified atom stereocenters. The number of benzene rings is 2. The second kappa shape index (κ2) is 7.28. The Kier molecular flexibility index (Phi) is 4.51. The highest BCUT2D eigenvalue weighted by Crippen LogP contribution is 2.34. The van der Waals surface area contributed by atoms with Gasteiger partial charge in [0.2, 0.25) is 11.6 Å². The lowest BCUT2D eigenvalue weighted by molar-refractivity contribution is -0.383. The van der Waals surface area contributed by atoms with Crippen LogP contribution in [0.4, 0.5) is 28.7 Å². The third-order valence-corrected chi connectivity index (χ3v) is 4.29. The SMILES string of the molecule is Cc1ccccc1Nc1ncnc(Nc2cccc3cccnc23)c1[N+](=O)[O-]. The minimum atomic E-state index is -0.499. The van der Waals surface area contributed by atoms with E-state index in [0.717, 1.165) is 16.6 Å². The third-order valence-electron chi connectivity index (χ3n) is 4.29. The van der Waals surface area contributed by atoms with Crippen LogP contribution in [0.15, 0.2) is 67.1 Å². The standard InChI is InChI=1S/C20H16N6O2/c1-13-6-2-3-9-15(13)24-19-18(26(27)28)20(23-12-22-19)25-16-10-4-7-14-8-5-11-21-17(14)16/h2-12H,1H3,(H2,22,23,24,25). The molecule has 2 aromatic heterocycles. The zero-order valence-corrected chi connectivity index (χ0v) is 15.0. The molecule has 0 atom stereocenters. The van der Waals surface area contributed by atoms with E-state index in [4.69, 9.17) is 0 Å². The van der Waals surface area contributed by atoms with E-state index in [0.29, 0.717) is 11.2 Å². The van der Waals surface area contributed by atoms with Gasteiger partial charge in [-0.05, 0) is 30.7 Å². The summed E-state index contributed by atoms with van der Waals surface area (Å²) < 4.78 is 0. The Labute approximate surface area is 160 Å². The van der Waals surface area contributed by atoms with Crippen molar-refractivity contribution < 1.29 is 4.92 Å². The van der Waals surface area contributed by atoms with E-state index in [1.54, 1.807) is 12.3 Å². The molecule has 8 nitrogen and oxygen atoms in total. The van der Waals surface area contributed by atoms with Gasteiger partial charge in [-0.1, -0.05) is 36.4 Å². The van der Waals surface area contributed by atoms with Gasteiger partial charge in [-0.2, -0.15) is 0 Å². The van der Waals surface area contributed by atoms with E-state index < -0.39 is 4.92 Å². The number of aromatic nitrogens is 3. The van der Waals surface area contributed by atoms with Gasteiger partial charge in [-0.15, -0.1) is 0 Å². The molecule has 138 valence electrons. The zero-order chi connectivity index (χ0) is 19.5. The van der Waals surface area contributed by atoms with Crippen molar-refractivity contribution in [2.75, 3.05) is 10.6 Å². The average molecular weight is 372 g/mol. The Morgan fingerprint density at radius 1 is 0.857 bits per heavy atom. The van der Waals surface area contributed by atoms with Crippen molar-refractivity contribution >= 4 is 39.6 Å². The number of nitrogens with one attached hydrogen (secondary N) is 2. The first-order chi connectivity index (χ1) is 13.6. The molecule has 4 aromatic rings. The maximum atomic E-state index is 11.8. The Morgan fingerprint density at radius 2 is 1.54 bits per heavy atom. The summed E-state index contributed by atoms with van der Waals surface area (Å²) >= 11 is 0. The molecule has 0 radical (unpaired) electrons. The number of pyridine rings is 1. The highest BCUT2D eigenvalue weighted by molar-refractivity contribution is 5.93. The average Bonchev–Trinajstić information content (AvgIpc) is 2.70. The topological polar surface area (TPSA) is 106 Å². The van der Waals surface area contributed by atoms with Crippen LogP contribution < -0.4 is 10.6 Å². The molecule has 0 saturated carbocycles. The first-order valence-electron chi connectivity index (χ1n) is 8.56. The van der Waals surface area contributed by atoms with E-state index in [1.807, 2.05) is 55.5 Å². The van der Waals surface area contributed by atoms with E-state index >= 15 is 0 Å². The predicted octanol–water partition coefficient (Wildman–Crippen LogP) is 4.73. The van der Waals surface area contributed by atoms with Gasteiger partial charge >= 0.3 is 5.69 Å². The molecule has 4 rings (SSSR count). The van der Waals surface area contributed by atoms with Gasteiger partial charge in [0.15, 0.2) is 0 Å². The molecule has 0 aliphatic heterocycles. The highest BCUT2D eigenvalue weighted by atomic mass is 16.6. The van der Waals surface area contributed by atoms with Crippen LogP contribution in [0.1, 0.15) is 5.56 Å². The Bertz CT molecular complexity index is 1170. The lowest BCUT2D eigenvalue weighted by Crippen LogP contribution is -2.06. The number of rotatable bonds is 5. The lowest BCUT2D eigenvalue weighted by Gasteiger charge is -2.12. The normalized spacial score (nSPS) is 10.6. The van der Waals surface area contributed by atoms with E-state index in [9.17, 15) is 10.1 Å². The smallest absolute Gasteiger partial charge is 0.334 e. The third kappa shape index (κ3) is 3.30. The largest absolute Gasteiger partial charge is 0.353 e. The van der Waals surface area contributed by atoms with Gasteiger partial charge in [0.25, 0.3) is 0 Å². The Morgan fingerprint density at radius 3 is 2.29 bits per heavy atom. The number of hydrogen-bond donors (Lipinski definition) is 2. The van der Waals surface area contributed by atoms with E-state index in [-0.39, 0.29) is 17.3 Å². The molecule has 0 spiro atoms. The van der Waals surface area contributed by atoms with Gasteiger partial charge in [0.05, 0.1) is 16.1 Å².